The van der Waals surface area contributed by atoms with Crippen molar-refractivity contribution in [2.24, 2.45) is 0 Å². The van der Waals surface area contributed by atoms with E-state index in [0.29, 0.717) is 6.54 Å². The van der Waals surface area contributed by atoms with Gasteiger partial charge in [-0.25, -0.2) is 18.4 Å². The second-order valence-electron chi connectivity index (χ2n) is 5.32. The molecule has 0 spiro atoms. The molecule has 22 heavy (non-hydrogen) atoms. The highest BCUT2D eigenvalue weighted by Gasteiger charge is 2.38. The Labute approximate surface area is 128 Å². The molecule has 0 fully saturated rings. The Hall–Kier alpha value is -1.86. The van der Waals surface area contributed by atoms with Gasteiger partial charge in [0, 0.05) is 17.7 Å². The molecule has 2 unspecified atom stereocenters. The molecule has 1 aromatic heterocycles. The van der Waals surface area contributed by atoms with Crippen molar-refractivity contribution < 1.29 is 13.9 Å². The summed E-state index contributed by atoms with van der Waals surface area (Å²) in [7, 11) is 0. The predicted octanol–water partition coefficient (Wildman–Crippen LogP) is 1.83. The molecule has 2 rings (SSSR count). The number of hydrogen-bond donors (Lipinski definition) is 2. The van der Waals surface area contributed by atoms with Crippen molar-refractivity contribution in [2.75, 3.05) is 6.54 Å². The van der Waals surface area contributed by atoms with Gasteiger partial charge in [-0.15, -0.1) is 0 Å². The van der Waals surface area contributed by atoms with E-state index in [-0.39, 0.29) is 12.1 Å². The first-order valence-corrected chi connectivity index (χ1v) is 7.21. The van der Waals surface area contributed by atoms with Crippen molar-refractivity contribution in [3.8, 4) is 0 Å². The third-order valence-corrected chi connectivity index (χ3v) is 3.68. The molecule has 0 amide bonds. The lowest BCUT2D eigenvalue weighted by Crippen LogP contribution is -2.50. The normalized spacial score (nSPS) is 15.5. The number of aliphatic hydroxyl groups is 1. The third-order valence-electron chi connectivity index (χ3n) is 3.68. The monoisotopic (exact) mass is 310 g/mol. The van der Waals surface area contributed by atoms with Crippen LogP contribution in [0.5, 0.6) is 0 Å². The van der Waals surface area contributed by atoms with Crippen LogP contribution in [0.25, 0.3) is 0 Å². The van der Waals surface area contributed by atoms with Crippen LogP contribution in [0.15, 0.2) is 30.9 Å². The van der Waals surface area contributed by atoms with E-state index in [1.165, 1.54) is 23.4 Å². The van der Waals surface area contributed by atoms with Gasteiger partial charge in [0.2, 0.25) is 0 Å². The molecule has 0 aliphatic rings. The Bertz CT molecular complexity index is 606. The van der Waals surface area contributed by atoms with Gasteiger partial charge in [0.15, 0.2) is 0 Å². The van der Waals surface area contributed by atoms with E-state index in [4.69, 9.17) is 0 Å². The molecule has 120 valence electrons. The Morgan fingerprint density at radius 1 is 1.41 bits per heavy atom. The minimum absolute atomic E-state index is 0.00737. The number of hydrogen-bond acceptors (Lipinski definition) is 4. The first-order valence-electron chi connectivity index (χ1n) is 7.21. The van der Waals surface area contributed by atoms with Crippen LogP contribution in [0, 0.1) is 11.6 Å². The van der Waals surface area contributed by atoms with Crippen molar-refractivity contribution >= 4 is 0 Å². The molecule has 0 radical (unpaired) electrons. The summed E-state index contributed by atoms with van der Waals surface area (Å²) in [6.45, 7) is 4.43. The second-order valence-corrected chi connectivity index (χ2v) is 5.32. The lowest BCUT2D eigenvalue weighted by Gasteiger charge is -2.35. The van der Waals surface area contributed by atoms with Gasteiger partial charge in [0.1, 0.15) is 29.9 Å². The molecule has 0 aliphatic carbocycles. The van der Waals surface area contributed by atoms with E-state index < -0.39 is 23.3 Å². The lowest BCUT2D eigenvalue weighted by molar-refractivity contribution is -0.0199. The van der Waals surface area contributed by atoms with Crippen LogP contribution in [0.4, 0.5) is 8.78 Å². The van der Waals surface area contributed by atoms with E-state index in [9.17, 15) is 13.9 Å². The van der Waals surface area contributed by atoms with Crippen molar-refractivity contribution in [1.29, 1.82) is 0 Å². The number of nitrogens with one attached hydrogen (secondary N) is 1. The Morgan fingerprint density at radius 3 is 2.77 bits per heavy atom. The molecule has 1 aromatic carbocycles. The van der Waals surface area contributed by atoms with Crippen LogP contribution < -0.4 is 5.32 Å². The maximum Gasteiger partial charge on any atom is 0.137 e. The fourth-order valence-electron chi connectivity index (χ4n) is 2.39. The van der Waals surface area contributed by atoms with Gasteiger partial charge in [0.25, 0.3) is 0 Å². The molecular formula is C15H20F2N4O. The van der Waals surface area contributed by atoms with Gasteiger partial charge >= 0.3 is 0 Å². The topological polar surface area (TPSA) is 63.0 Å². The van der Waals surface area contributed by atoms with Crippen LogP contribution in [-0.2, 0) is 12.1 Å². The van der Waals surface area contributed by atoms with Gasteiger partial charge in [-0.1, -0.05) is 13.0 Å². The average molecular weight is 310 g/mol. The summed E-state index contributed by atoms with van der Waals surface area (Å²) in [6.07, 6.45) is 3.65. The minimum atomic E-state index is -1.58. The average Bonchev–Trinajstić information content (AvgIpc) is 2.97. The zero-order chi connectivity index (χ0) is 16.2. The standard InChI is InChI=1S/C15H20F2N4O/c1-3-6-19-11(2)15(22,8-21-10-18-9-20-21)13-5-4-12(16)7-14(13)17/h4-5,7,9-11,19,22H,3,6,8H2,1-2H3. The third kappa shape index (κ3) is 3.48. The van der Waals surface area contributed by atoms with Crippen LogP contribution in [0.1, 0.15) is 25.8 Å². The van der Waals surface area contributed by atoms with Crippen LogP contribution in [0.2, 0.25) is 0 Å². The lowest BCUT2D eigenvalue weighted by atomic mass is 9.86. The fourth-order valence-corrected chi connectivity index (χ4v) is 2.39. The summed E-state index contributed by atoms with van der Waals surface area (Å²) in [4.78, 5) is 3.82. The summed E-state index contributed by atoms with van der Waals surface area (Å²) in [6, 6.07) is 2.72. The molecule has 2 N–H and O–H groups in total. The highest BCUT2D eigenvalue weighted by Crippen LogP contribution is 2.30. The van der Waals surface area contributed by atoms with Crippen molar-refractivity contribution in [3.05, 3.63) is 48.1 Å². The number of halogens is 2. The molecule has 2 atom stereocenters. The second kappa shape index (κ2) is 6.93. The molecule has 0 saturated carbocycles. The highest BCUT2D eigenvalue weighted by atomic mass is 19.1. The van der Waals surface area contributed by atoms with Crippen molar-refractivity contribution in [3.63, 3.8) is 0 Å². The van der Waals surface area contributed by atoms with E-state index >= 15 is 0 Å². The number of nitrogens with zero attached hydrogens (tertiary/aromatic N) is 3. The number of rotatable bonds is 7. The molecule has 2 aromatic rings. The molecule has 0 saturated heterocycles. The minimum Gasteiger partial charge on any atom is -0.381 e. The maximum absolute atomic E-state index is 14.2. The summed E-state index contributed by atoms with van der Waals surface area (Å²) in [5, 5.41) is 18.2. The largest absolute Gasteiger partial charge is 0.381 e. The quantitative estimate of drug-likeness (QED) is 0.819. The molecule has 0 aliphatic heterocycles. The summed E-state index contributed by atoms with van der Waals surface area (Å²) in [5.74, 6) is -1.47. The Kier molecular flexibility index (Phi) is 5.20. The van der Waals surface area contributed by atoms with E-state index in [1.807, 2.05) is 6.92 Å². The summed E-state index contributed by atoms with van der Waals surface area (Å²) in [5.41, 5.74) is -1.55. The molecule has 7 heteroatoms. The van der Waals surface area contributed by atoms with E-state index in [0.717, 1.165) is 18.6 Å². The van der Waals surface area contributed by atoms with E-state index in [2.05, 4.69) is 15.4 Å². The zero-order valence-electron chi connectivity index (χ0n) is 12.6. The molecule has 1 heterocycles. The van der Waals surface area contributed by atoms with Gasteiger partial charge in [-0.05, 0) is 26.0 Å². The Balaban J connectivity index is 2.39. The summed E-state index contributed by atoms with van der Waals surface area (Å²) >= 11 is 0. The van der Waals surface area contributed by atoms with Crippen LogP contribution >= 0.6 is 0 Å². The van der Waals surface area contributed by atoms with Gasteiger partial charge in [-0.2, -0.15) is 5.10 Å². The van der Waals surface area contributed by atoms with Crippen molar-refractivity contribution in [2.45, 2.75) is 38.5 Å². The van der Waals surface area contributed by atoms with E-state index in [1.54, 1.807) is 6.92 Å². The number of aromatic nitrogens is 3. The Morgan fingerprint density at radius 2 is 2.18 bits per heavy atom. The molecule has 0 bridgehead atoms. The number of benzene rings is 1. The van der Waals surface area contributed by atoms with Crippen molar-refractivity contribution in [1.82, 2.24) is 20.1 Å². The first-order chi connectivity index (χ1) is 10.5. The molecule has 5 nitrogen and oxygen atoms in total. The van der Waals surface area contributed by atoms with Gasteiger partial charge in [0.05, 0.1) is 6.54 Å². The maximum atomic E-state index is 14.2. The smallest absolute Gasteiger partial charge is 0.137 e. The van der Waals surface area contributed by atoms with Gasteiger partial charge < -0.3 is 10.4 Å². The predicted molar refractivity (Wildman–Crippen MR) is 78.0 cm³/mol. The van der Waals surface area contributed by atoms with Gasteiger partial charge in [-0.3, -0.25) is 0 Å². The highest BCUT2D eigenvalue weighted by molar-refractivity contribution is 5.27. The molecular weight excluding hydrogens is 290 g/mol. The zero-order valence-corrected chi connectivity index (χ0v) is 12.6. The SMILES string of the molecule is CCCNC(C)C(O)(Cn1cncn1)c1ccc(F)cc1F. The van der Waals surface area contributed by atoms with Crippen LogP contribution in [0.3, 0.4) is 0 Å². The summed E-state index contributed by atoms with van der Waals surface area (Å²) < 4.78 is 28.8. The van der Waals surface area contributed by atoms with Crippen LogP contribution in [-0.4, -0.2) is 32.5 Å². The first kappa shape index (κ1) is 16.5. The fraction of sp³-hybridized carbons (Fsp3) is 0.467.